The van der Waals surface area contributed by atoms with Crippen LogP contribution in [0.4, 0.5) is 5.69 Å². The van der Waals surface area contributed by atoms with Gasteiger partial charge in [0, 0.05) is 0 Å². The summed E-state index contributed by atoms with van der Waals surface area (Å²) in [6.07, 6.45) is 4.63. The monoisotopic (exact) mass is 281 g/mol. The van der Waals surface area contributed by atoms with Crippen LogP contribution < -0.4 is 5.32 Å². The quantitative estimate of drug-likeness (QED) is 0.404. The van der Waals surface area contributed by atoms with Gasteiger partial charge in [0.05, 0.1) is 5.69 Å². The third-order valence-electron chi connectivity index (χ3n) is 2.81. The average Bonchev–Trinajstić information content (AvgIpc) is 2.49. The first-order valence-electron chi connectivity index (χ1n) is 6.23. The lowest BCUT2D eigenvalue weighted by Gasteiger charge is -2.07. The maximum Gasteiger partial charge on any atom is 0.183 e. The highest BCUT2D eigenvalue weighted by Gasteiger charge is 2.04. The minimum Gasteiger partial charge on any atom is -0.271 e. The van der Waals surface area contributed by atoms with Crippen molar-refractivity contribution in [1.29, 1.82) is 5.26 Å². The van der Waals surface area contributed by atoms with Crippen LogP contribution in [0.15, 0.2) is 59.6 Å². The first-order valence-corrected chi connectivity index (χ1v) is 7.45. The molecule has 0 unspecified atom stereocenters. The molecule has 0 aliphatic heterocycles. The Balaban J connectivity index is 2.29. The van der Waals surface area contributed by atoms with Crippen LogP contribution in [0.1, 0.15) is 11.1 Å². The lowest BCUT2D eigenvalue weighted by atomic mass is 10.0. The summed E-state index contributed by atoms with van der Waals surface area (Å²) in [5.41, 5.74) is 3.28. The highest BCUT2D eigenvalue weighted by molar-refractivity contribution is 8.13. The topological polar surface area (TPSA) is 48.2 Å². The number of amidine groups is 1. The van der Waals surface area contributed by atoms with Gasteiger partial charge >= 0.3 is 0 Å². The van der Waals surface area contributed by atoms with E-state index in [4.69, 9.17) is 5.26 Å². The van der Waals surface area contributed by atoms with Gasteiger partial charge in [-0.2, -0.15) is 5.26 Å². The van der Waals surface area contributed by atoms with Crippen LogP contribution in [0, 0.1) is 11.5 Å². The summed E-state index contributed by atoms with van der Waals surface area (Å²) in [5.74, 6) is 0. The molecule has 0 radical (unpaired) electrons. The fraction of sp³-hybridized carbons (Fsp3) is 0.125. The van der Waals surface area contributed by atoms with E-state index in [2.05, 4.69) is 28.5 Å². The highest BCUT2D eigenvalue weighted by atomic mass is 32.2. The number of nitrogens with one attached hydrogen (secondary N) is 1. The van der Waals surface area contributed by atoms with Gasteiger partial charge in [-0.05, 0) is 29.9 Å². The molecule has 2 rings (SSSR count). The van der Waals surface area contributed by atoms with E-state index in [0.717, 1.165) is 17.7 Å². The first-order chi connectivity index (χ1) is 9.83. The van der Waals surface area contributed by atoms with E-state index in [1.807, 2.05) is 48.8 Å². The maximum atomic E-state index is 8.70. The van der Waals surface area contributed by atoms with Gasteiger partial charge < -0.3 is 0 Å². The van der Waals surface area contributed by atoms with Crippen molar-refractivity contribution in [3.05, 3.63) is 65.7 Å². The van der Waals surface area contributed by atoms with Gasteiger partial charge in [0.2, 0.25) is 0 Å². The lowest BCUT2D eigenvalue weighted by molar-refractivity contribution is 1.18. The molecule has 0 aliphatic carbocycles. The summed E-state index contributed by atoms with van der Waals surface area (Å²) in [5, 5.41) is 11.9. The molecule has 1 N–H and O–H groups in total. The van der Waals surface area contributed by atoms with E-state index in [-0.39, 0.29) is 0 Å². The van der Waals surface area contributed by atoms with E-state index < -0.39 is 0 Å². The number of aliphatic imine (C=N–C) groups is 1. The minimum absolute atomic E-state index is 0.605. The number of benzene rings is 2. The molecule has 3 nitrogen and oxygen atoms in total. The fourth-order valence-corrected chi connectivity index (χ4v) is 2.20. The van der Waals surface area contributed by atoms with Crippen molar-refractivity contribution in [2.75, 3.05) is 6.26 Å². The Bertz CT molecular complexity index is 630. The Morgan fingerprint density at radius 3 is 2.55 bits per heavy atom. The third kappa shape index (κ3) is 3.87. The second-order valence-electron chi connectivity index (χ2n) is 4.15. The molecule has 0 aliphatic rings. The number of rotatable bonds is 3. The summed E-state index contributed by atoms with van der Waals surface area (Å²) in [6, 6.07) is 18.3. The smallest absolute Gasteiger partial charge is 0.183 e. The first kappa shape index (κ1) is 14.2. The fourth-order valence-electron chi connectivity index (χ4n) is 1.87. The van der Waals surface area contributed by atoms with E-state index >= 15 is 0 Å². The van der Waals surface area contributed by atoms with Gasteiger partial charge in [-0.15, -0.1) is 0 Å². The molecule has 0 bridgehead atoms. The number of nitrogens with zero attached hydrogens (tertiary/aromatic N) is 2. The molecule has 0 saturated heterocycles. The van der Waals surface area contributed by atoms with Crippen molar-refractivity contribution in [1.82, 2.24) is 5.32 Å². The molecule has 0 heterocycles. The molecule has 2 aromatic rings. The van der Waals surface area contributed by atoms with Crippen LogP contribution in [-0.2, 0) is 6.42 Å². The molecule has 4 heteroatoms. The van der Waals surface area contributed by atoms with Crippen LogP contribution in [0.25, 0.3) is 0 Å². The summed E-state index contributed by atoms with van der Waals surface area (Å²) >= 11 is 1.42. The summed E-state index contributed by atoms with van der Waals surface area (Å²) in [6.45, 7) is 0. The molecule has 0 aromatic heterocycles. The molecule has 2 aromatic carbocycles. The molecular weight excluding hydrogens is 266 g/mol. The Morgan fingerprint density at radius 2 is 1.85 bits per heavy atom. The zero-order valence-electron chi connectivity index (χ0n) is 11.2. The Kier molecular flexibility index (Phi) is 5.22. The SMILES string of the molecule is CSC(=Nc1ccccc1Cc1ccccc1)NC#N. The summed E-state index contributed by atoms with van der Waals surface area (Å²) < 4.78 is 0. The molecule has 0 atom stereocenters. The molecule has 0 fully saturated rings. The molecule has 20 heavy (non-hydrogen) atoms. The Morgan fingerprint density at radius 1 is 1.15 bits per heavy atom. The van der Waals surface area contributed by atoms with E-state index in [1.54, 1.807) is 0 Å². The predicted molar refractivity (Wildman–Crippen MR) is 85.0 cm³/mol. The molecular formula is C16H15N3S. The second kappa shape index (κ2) is 7.37. The largest absolute Gasteiger partial charge is 0.271 e. The number of hydrogen-bond donors (Lipinski definition) is 1. The predicted octanol–water partition coefficient (Wildman–Crippen LogP) is 3.70. The van der Waals surface area contributed by atoms with Crippen molar-refractivity contribution in [3.63, 3.8) is 0 Å². The van der Waals surface area contributed by atoms with Crippen molar-refractivity contribution in [3.8, 4) is 6.19 Å². The molecule has 0 amide bonds. The van der Waals surface area contributed by atoms with Gasteiger partial charge in [0.15, 0.2) is 11.4 Å². The molecule has 0 saturated carbocycles. The number of para-hydroxylation sites is 1. The van der Waals surface area contributed by atoms with Crippen molar-refractivity contribution >= 4 is 22.6 Å². The van der Waals surface area contributed by atoms with Crippen molar-refractivity contribution in [2.24, 2.45) is 4.99 Å². The van der Waals surface area contributed by atoms with Gasteiger partial charge in [-0.25, -0.2) is 4.99 Å². The van der Waals surface area contributed by atoms with Crippen molar-refractivity contribution < 1.29 is 0 Å². The Labute approximate surface area is 123 Å². The standard InChI is InChI=1S/C16H15N3S/c1-20-16(18-12-17)19-15-10-6-5-9-14(15)11-13-7-3-2-4-8-13/h2-10H,11H2,1H3,(H,18,19). The van der Waals surface area contributed by atoms with Crippen LogP contribution >= 0.6 is 11.8 Å². The van der Waals surface area contributed by atoms with Gasteiger partial charge in [0.1, 0.15) is 0 Å². The van der Waals surface area contributed by atoms with Gasteiger partial charge in [-0.3, -0.25) is 5.32 Å². The lowest BCUT2D eigenvalue weighted by Crippen LogP contribution is -2.12. The van der Waals surface area contributed by atoms with Crippen LogP contribution in [0.3, 0.4) is 0 Å². The van der Waals surface area contributed by atoms with Crippen LogP contribution in [-0.4, -0.2) is 11.4 Å². The Hall–Kier alpha value is -2.25. The van der Waals surface area contributed by atoms with E-state index in [9.17, 15) is 0 Å². The maximum absolute atomic E-state index is 8.70. The number of thioether (sulfide) groups is 1. The zero-order valence-corrected chi connectivity index (χ0v) is 12.0. The van der Waals surface area contributed by atoms with Crippen molar-refractivity contribution in [2.45, 2.75) is 6.42 Å². The number of nitriles is 1. The van der Waals surface area contributed by atoms with Gasteiger partial charge in [-0.1, -0.05) is 60.3 Å². The van der Waals surface area contributed by atoms with Gasteiger partial charge in [0.25, 0.3) is 0 Å². The van der Waals surface area contributed by atoms with E-state index in [0.29, 0.717) is 5.17 Å². The van der Waals surface area contributed by atoms with Crippen LogP contribution in [0.2, 0.25) is 0 Å². The third-order valence-corrected chi connectivity index (χ3v) is 3.39. The molecule has 0 spiro atoms. The van der Waals surface area contributed by atoms with E-state index in [1.165, 1.54) is 17.3 Å². The highest BCUT2D eigenvalue weighted by Crippen LogP contribution is 2.23. The summed E-state index contributed by atoms with van der Waals surface area (Å²) in [7, 11) is 0. The molecule has 100 valence electrons. The minimum atomic E-state index is 0.605. The number of hydrogen-bond acceptors (Lipinski definition) is 3. The average molecular weight is 281 g/mol. The second-order valence-corrected chi connectivity index (χ2v) is 4.94. The van der Waals surface area contributed by atoms with Crippen LogP contribution in [0.5, 0.6) is 0 Å². The zero-order chi connectivity index (χ0) is 14.2. The summed E-state index contributed by atoms with van der Waals surface area (Å²) in [4.78, 5) is 4.51. The normalized spacial score (nSPS) is 10.9.